The van der Waals surface area contributed by atoms with E-state index in [0.717, 1.165) is 18.9 Å². The second kappa shape index (κ2) is 9.05. The molecule has 2 heterocycles. The van der Waals surface area contributed by atoms with Gasteiger partial charge in [0.25, 0.3) is 0 Å². The van der Waals surface area contributed by atoms with Gasteiger partial charge in [-0.05, 0) is 37.8 Å². The molecule has 10 heteroatoms. The summed E-state index contributed by atoms with van der Waals surface area (Å²) >= 11 is 0. The molecule has 1 aliphatic carbocycles. The Bertz CT molecular complexity index is 875. The lowest BCUT2D eigenvalue weighted by Crippen LogP contribution is -2.29. The highest BCUT2D eigenvalue weighted by atomic mass is 19.4. The summed E-state index contributed by atoms with van der Waals surface area (Å²) in [6.07, 6.45) is 0.879. The van der Waals surface area contributed by atoms with Crippen molar-refractivity contribution in [2.24, 2.45) is 0 Å². The highest BCUT2D eigenvalue weighted by Crippen LogP contribution is 2.31. The Morgan fingerprint density at radius 1 is 1.21 bits per heavy atom. The number of hydrogen-bond acceptors (Lipinski definition) is 7. The first-order valence-corrected chi connectivity index (χ1v) is 9.33. The van der Waals surface area contributed by atoms with Crippen molar-refractivity contribution in [1.82, 2.24) is 15.0 Å². The average Bonchev–Trinajstić information content (AvgIpc) is 2.70. The van der Waals surface area contributed by atoms with E-state index in [1.807, 2.05) is 6.07 Å². The smallest absolute Gasteiger partial charge is 0.393 e. The summed E-state index contributed by atoms with van der Waals surface area (Å²) in [6.45, 7) is 0.154. The van der Waals surface area contributed by atoms with Crippen molar-refractivity contribution < 1.29 is 18.3 Å². The van der Waals surface area contributed by atoms with Crippen LogP contribution in [0, 0.1) is 11.3 Å². The number of aliphatic hydroxyl groups is 1. The van der Waals surface area contributed by atoms with Gasteiger partial charge >= 0.3 is 6.18 Å². The number of hydrogen-bond donors (Lipinski definition) is 3. The van der Waals surface area contributed by atoms with Gasteiger partial charge in [0.05, 0.1) is 23.6 Å². The molecule has 154 valence electrons. The van der Waals surface area contributed by atoms with E-state index in [4.69, 9.17) is 0 Å². The number of pyridine rings is 1. The molecule has 3 rings (SSSR count). The zero-order chi connectivity index (χ0) is 20.9. The third-order valence-corrected chi connectivity index (χ3v) is 4.79. The van der Waals surface area contributed by atoms with Gasteiger partial charge in [-0.25, -0.2) is 4.98 Å². The topological polar surface area (TPSA) is 107 Å². The van der Waals surface area contributed by atoms with E-state index in [1.165, 1.54) is 18.5 Å². The lowest BCUT2D eigenvalue weighted by molar-refractivity contribution is -0.138. The maximum Gasteiger partial charge on any atom is 0.418 e. The van der Waals surface area contributed by atoms with Crippen LogP contribution in [0.1, 0.15) is 42.5 Å². The molecule has 0 atom stereocenters. The lowest BCUT2D eigenvalue weighted by atomic mass is 9.93. The third kappa shape index (κ3) is 5.54. The summed E-state index contributed by atoms with van der Waals surface area (Å²) < 4.78 is 39.1. The fourth-order valence-corrected chi connectivity index (χ4v) is 3.26. The van der Waals surface area contributed by atoms with Crippen LogP contribution >= 0.6 is 0 Å². The highest BCUT2D eigenvalue weighted by molar-refractivity contribution is 5.54. The van der Waals surface area contributed by atoms with E-state index in [1.54, 1.807) is 0 Å². The molecule has 0 bridgehead atoms. The SMILES string of the molecule is N#Cc1cnc(NCCc2ncccc2C(F)(F)F)nc1N[C@H]1CC[C@@H](O)CC1. The van der Waals surface area contributed by atoms with Crippen LogP contribution in [0.25, 0.3) is 0 Å². The van der Waals surface area contributed by atoms with Crippen LogP contribution in [0.2, 0.25) is 0 Å². The fraction of sp³-hybridized carbons (Fsp3) is 0.474. The number of nitriles is 1. The Morgan fingerprint density at radius 3 is 2.66 bits per heavy atom. The first-order chi connectivity index (χ1) is 13.9. The van der Waals surface area contributed by atoms with Crippen LogP contribution in [-0.2, 0) is 12.6 Å². The summed E-state index contributed by atoms with van der Waals surface area (Å²) in [6, 6.07) is 4.38. The predicted molar refractivity (Wildman–Crippen MR) is 100 cm³/mol. The van der Waals surface area contributed by atoms with Crippen LogP contribution in [0.3, 0.4) is 0 Å². The largest absolute Gasteiger partial charge is 0.418 e. The average molecular weight is 406 g/mol. The zero-order valence-electron chi connectivity index (χ0n) is 15.6. The molecule has 3 N–H and O–H groups in total. The zero-order valence-corrected chi connectivity index (χ0v) is 15.6. The molecule has 2 aromatic heterocycles. The van der Waals surface area contributed by atoms with Crippen molar-refractivity contribution in [3.8, 4) is 6.07 Å². The van der Waals surface area contributed by atoms with Gasteiger partial charge < -0.3 is 15.7 Å². The van der Waals surface area contributed by atoms with E-state index in [2.05, 4.69) is 25.6 Å². The molecular weight excluding hydrogens is 385 g/mol. The second-order valence-electron chi connectivity index (χ2n) is 6.89. The van der Waals surface area contributed by atoms with Gasteiger partial charge in [0.2, 0.25) is 5.95 Å². The van der Waals surface area contributed by atoms with Gasteiger partial charge in [0.15, 0.2) is 0 Å². The van der Waals surface area contributed by atoms with Gasteiger partial charge in [-0.3, -0.25) is 4.98 Å². The summed E-state index contributed by atoms with van der Waals surface area (Å²) in [5.41, 5.74) is -0.532. The summed E-state index contributed by atoms with van der Waals surface area (Å²) in [4.78, 5) is 12.2. The van der Waals surface area contributed by atoms with E-state index in [9.17, 15) is 23.5 Å². The normalized spacial score (nSPS) is 19.4. The van der Waals surface area contributed by atoms with Gasteiger partial charge in [0, 0.05) is 25.2 Å². The summed E-state index contributed by atoms with van der Waals surface area (Å²) in [5.74, 6) is 0.590. The molecule has 1 saturated carbocycles. The minimum Gasteiger partial charge on any atom is -0.393 e. The number of anilines is 2. The molecule has 0 spiro atoms. The van der Waals surface area contributed by atoms with E-state index in [-0.39, 0.29) is 42.3 Å². The molecule has 0 unspecified atom stereocenters. The molecule has 0 radical (unpaired) electrons. The minimum absolute atomic E-state index is 0.0440. The molecule has 1 fully saturated rings. The number of aromatic nitrogens is 3. The number of halogens is 3. The van der Waals surface area contributed by atoms with Gasteiger partial charge in [-0.15, -0.1) is 0 Å². The molecule has 29 heavy (non-hydrogen) atoms. The molecule has 2 aromatic rings. The number of nitrogens with zero attached hydrogens (tertiary/aromatic N) is 4. The summed E-state index contributed by atoms with van der Waals surface area (Å²) in [7, 11) is 0. The maximum absolute atomic E-state index is 13.0. The van der Waals surface area contributed by atoms with Gasteiger partial charge in [-0.2, -0.15) is 23.4 Å². The fourth-order valence-electron chi connectivity index (χ4n) is 3.26. The van der Waals surface area contributed by atoms with Crippen molar-refractivity contribution in [2.45, 2.75) is 50.4 Å². The molecule has 0 aliphatic heterocycles. The van der Waals surface area contributed by atoms with Gasteiger partial charge in [-0.1, -0.05) is 0 Å². The number of nitrogens with one attached hydrogen (secondary N) is 2. The number of rotatable bonds is 6. The second-order valence-corrected chi connectivity index (χ2v) is 6.89. The number of aliphatic hydroxyl groups excluding tert-OH is 1. The van der Waals surface area contributed by atoms with Crippen molar-refractivity contribution in [3.63, 3.8) is 0 Å². The van der Waals surface area contributed by atoms with E-state index < -0.39 is 11.7 Å². The van der Waals surface area contributed by atoms with E-state index >= 15 is 0 Å². The molecule has 0 amide bonds. The van der Waals surface area contributed by atoms with Crippen molar-refractivity contribution >= 4 is 11.8 Å². The standard InChI is InChI=1S/C19H21F3N6O/c20-19(21,22)15-2-1-8-24-16(15)7-9-25-18-26-11-12(10-23)17(28-18)27-13-3-5-14(29)6-4-13/h1-2,8,11,13-14,29H,3-7,9H2,(H2,25,26,27,28)/t13-,14+. The Hall–Kier alpha value is -2.93. The van der Waals surface area contributed by atoms with Gasteiger partial charge in [0.1, 0.15) is 17.5 Å². The van der Waals surface area contributed by atoms with Crippen LogP contribution < -0.4 is 10.6 Å². The molecule has 0 saturated heterocycles. The Labute approximate surface area is 166 Å². The van der Waals surface area contributed by atoms with Crippen LogP contribution in [-0.4, -0.2) is 38.7 Å². The van der Waals surface area contributed by atoms with Crippen LogP contribution in [0.15, 0.2) is 24.5 Å². The van der Waals surface area contributed by atoms with Crippen LogP contribution in [0.5, 0.6) is 0 Å². The molecular formula is C19H21F3N6O. The lowest BCUT2D eigenvalue weighted by Gasteiger charge is -2.26. The van der Waals surface area contributed by atoms with Crippen molar-refractivity contribution in [1.29, 1.82) is 5.26 Å². The van der Waals surface area contributed by atoms with Crippen molar-refractivity contribution in [2.75, 3.05) is 17.2 Å². The quantitative estimate of drug-likeness (QED) is 0.677. The molecule has 7 nitrogen and oxygen atoms in total. The molecule has 1 aliphatic rings. The van der Waals surface area contributed by atoms with Crippen molar-refractivity contribution in [3.05, 3.63) is 41.3 Å². The maximum atomic E-state index is 13.0. The van der Waals surface area contributed by atoms with E-state index in [0.29, 0.717) is 18.7 Å². The third-order valence-electron chi connectivity index (χ3n) is 4.79. The Kier molecular flexibility index (Phi) is 6.49. The molecule has 0 aromatic carbocycles. The van der Waals surface area contributed by atoms with Crippen LogP contribution in [0.4, 0.5) is 24.9 Å². The Balaban J connectivity index is 1.64. The number of alkyl halides is 3. The monoisotopic (exact) mass is 406 g/mol. The first kappa shape index (κ1) is 20.8. The summed E-state index contributed by atoms with van der Waals surface area (Å²) in [5, 5.41) is 25.0. The predicted octanol–water partition coefficient (Wildman–Crippen LogP) is 3.13. The highest BCUT2D eigenvalue weighted by Gasteiger charge is 2.33. The Morgan fingerprint density at radius 2 is 1.97 bits per heavy atom. The minimum atomic E-state index is -4.46. The first-order valence-electron chi connectivity index (χ1n) is 9.33.